The summed E-state index contributed by atoms with van der Waals surface area (Å²) in [4.78, 5) is 21.6. The fourth-order valence-corrected chi connectivity index (χ4v) is 5.10. The van der Waals surface area contributed by atoms with E-state index in [0.29, 0.717) is 17.9 Å². The zero-order chi connectivity index (χ0) is 18.5. The van der Waals surface area contributed by atoms with E-state index in [9.17, 15) is 4.79 Å². The summed E-state index contributed by atoms with van der Waals surface area (Å²) in [5.74, 6) is 1.70. The fourth-order valence-electron chi connectivity index (χ4n) is 5.10. The Morgan fingerprint density at radius 1 is 1.15 bits per heavy atom. The number of hydrogen-bond acceptors (Lipinski definition) is 4. The molecule has 1 aromatic heterocycles. The lowest BCUT2D eigenvalue weighted by molar-refractivity contribution is -0.134. The number of rotatable bonds is 5. The van der Waals surface area contributed by atoms with Gasteiger partial charge in [-0.15, -0.1) is 0 Å². The zero-order valence-corrected chi connectivity index (χ0v) is 16.4. The van der Waals surface area contributed by atoms with Crippen molar-refractivity contribution in [2.24, 2.45) is 11.8 Å². The van der Waals surface area contributed by atoms with Crippen molar-refractivity contribution in [3.8, 4) is 0 Å². The van der Waals surface area contributed by atoms with Gasteiger partial charge in [-0.3, -0.25) is 14.7 Å². The highest BCUT2D eigenvalue weighted by atomic mass is 16.5. The number of fused-ring (bicyclic) bond motifs is 1. The van der Waals surface area contributed by atoms with E-state index in [0.717, 1.165) is 64.6 Å². The van der Waals surface area contributed by atoms with E-state index in [4.69, 9.17) is 4.74 Å². The molecule has 3 aliphatic rings. The monoisotopic (exact) mass is 371 g/mol. The number of hydrogen-bond donors (Lipinski definition) is 0. The molecule has 3 fully saturated rings. The summed E-state index contributed by atoms with van der Waals surface area (Å²) in [6.45, 7) is 5.24. The molecule has 0 bridgehead atoms. The second-order valence-corrected chi connectivity index (χ2v) is 8.55. The number of likely N-dealkylation sites (tertiary alicyclic amines) is 1. The van der Waals surface area contributed by atoms with Crippen molar-refractivity contribution < 1.29 is 9.53 Å². The normalized spacial score (nSPS) is 27.3. The first-order chi connectivity index (χ1) is 13.3. The number of aromatic nitrogens is 1. The van der Waals surface area contributed by atoms with Gasteiger partial charge >= 0.3 is 0 Å². The molecule has 2 aliphatic heterocycles. The molecule has 3 heterocycles. The molecule has 148 valence electrons. The Balaban J connectivity index is 1.37. The van der Waals surface area contributed by atoms with Gasteiger partial charge in [0.1, 0.15) is 0 Å². The second kappa shape index (κ2) is 9.16. The number of piperidine rings is 1. The zero-order valence-electron chi connectivity index (χ0n) is 16.4. The molecule has 0 aromatic carbocycles. The first kappa shape index (κ1) is 18.9. The van der Waals surface area contributed by atoms with Crippen LogP contribution in [0.3, 0.4) is 0 Å². The van der Waals surface area contributed by atoms with Gasteiger partial charge in [-0.1, -0.05) is 25.7 Å². The van der Waals surface area contributed by atoms with Crippen LogP contribution < -0.4 is 0 Å². The van der Waals surface area contributed by atoms with Crippen LogP contribution >= 0.6 is 0 Å². The Kier molecular flexibility index (Phi) is 6.40. The van der Waals surface area contributed by atoms with Gasteiger partial charge in [0.05, 0.1) is 13.2 Å². The van der Waals surface area contributed by atoms with Crippen LogP contribution in [0.15, 0.2) is 24.5 Å². The van der Waals surface area contributed by atoms with Crippen molar-refractivity contribution in [2.75, 3.05) is 32.8 Å². The molecule has 1 amide bonds. The molecule has 4 rings (SSSR count). The highest BCUT2D eigenvalue weighted by molar-refractivity contribution is 5.76. The minimum Gasteiger partial charge on any atom is -0.380 e. The van der Waals surface area contributed by atoms with Gasteiger partial charge in [0, 0.05) is 57.0 Å². The molecular weight excluding hydrogens is 338 g/mol. The Morgan fingerprint density at radius 2 is 1.96 bits per heavy atom. The van der Waals surface area contributed by atoms with Crippen LogP contribution in [0.4, 0.5) is 0 Å². The molecule has 1 aromatic rings. The van der Waals surface area contributed by atoms with Crippen molar-refractivity contribution >= 4 is 5.91 Å². The maximum Gasteiger partial charge on any atom is 0.222 e. The van der Waals surface area contributed by atoms with Gasteiger partial charge in [-0.25, -0.2) is 0 Å². The van der Waals surface area contributed by atoms with Crippen LogP contribution in [-0.4, -0.2) is 59.6 Å². The number of carbonyl (C=O) groups excluding carboxylic acids is 1. The topological polar surface area (TPSA) is 45.7 Å². The summed E-state index contributed by atoms with van der Waals surface area (Å²) in [5.41, 5.74) is 1.29. The molecule has 0 radical (unpaired) electrons. The van der Waals surface area contributed by atoms with Crippen molar-refractivity contribution in [2.45, 2.75) is 57.5 Å². The van der Waals surface area contributed by atoms with Gasteiger partial charge in [0.15, 0.2) is 0 Å². The predicted molar refractivity (Wildman–Crippen MR) is 105 cm³/mol. The maximum absolute atomic E-state index is 12.8. The average Bonchev–Trinajstić information content (AvgIpc) is 3.15. The largest absolute Gasteiger partial charge is 0.380 e. The van der Waals surface area contributed by atoms with Gasteiger partial charge in [0.2, 0.25) is 5.91 Å². The average molecular weight is 372 g/mol. The number of amides is 1. The molecule has 2 saturated heterocycles. The Hall–Kier alpha value is -1.46. The predicted octanol–water partition coefficient (Wildman–Crippen LogP) is 3.10. The van der Waals surface area contributed by atoms with Gasteiger partial charge in [-0.05, 0) is 36.5 Å². The third-order valence-electron chi connectivity index (χ3n) is 6.77. The fraction of sp³-hybridized carbons (Fsp3) is 0.727. The Bertz CT molecular complexity index is 603. The van der Waals surface area contributed by atoms with Crippen molar-refractivity contribution in [3.63, 3.8) is 0 Å². The molecule has 1 saturated carbocycles. The van der Waals surface area contributed by atoms with Gasteiger partial charge < -0.3 is 9.64 Å². The van der Waals surface area contributed by atoms with Crippen molar-refractivity contribution in [1.29, 1.82) is 0 Å². The van der Waals surface area contributed by atoms with E-state index in [-0.39, 0.29) is 0 Å². The van der Waals surface area contributed by atoms with E-state index in [2.05, 4.69) is 26.9 Å². The SMILES string of the molecule is O=C(CCC1CCCC1)N1CC[C@@H]2COCCN(Cc3ccncc3)[C@@H]2C1. The standard InChI is InChI=1S/C22H33N3O2/c26-22(6-5-18-3-1-2-4-18)25-12-9-20-17-27-14-13-24(21(20)16-25)15-19-7-10-23-11-8-19/h7-8,10-11,18,20-21H,1-6,9,12-17H2/t20-,21-/m1/s1. The lowest BCUT2D eigenvalue weighted by atomic mass is 9.90. The van der Waals surface area contributed by atoms with Crippen LogP contribution in [-0.2, 0) is 16.1 Å². The molecule has 5 nitrogen and oxygen atoms in total. The molecule has 0 unspecified atom stereocenters. The summed E-state index contributed by atoms with van der Waals surface area (Å²) < 4.78 is 5.89. The summed E-state index contributed by atoms with van der Waals surface area (Å²) in [6, 6.07) is 4.59. The highest BCUT2D eigenvalue weighted by Gasteiger charge is 2.36. The van der Waals surface area contributed by atoms with Gasteiger partial charge in [0.25, 0.3) is 0 Å². The molecule has 0 spiro atoms. The van der Waals surface area contributed by atoms with Crippen LogP contribution in [0.5, 0.6) is 0 Å². The third-order valence-corrected chi connectivity index (χ3v) is 6.77. The van der Waals surface area contributed by atoms with E-state index in [1.165, 1.54) is 31.2 Å². The van der Waals surface area contributed by atoms with Crippen molar-refractivity contribution in [3.05, 3.63) is 30.1 Å². The van der Waals surface area contributed by atoms with Crippen LogP contribution in [0, 0.1) is 11.8 Å². The quantitative estimate of drug-likeness (QED) is 0.798. The Labute approximate surface area is 163 Å². The number of pyridine rings is 1. The maximum atomic E-state index is 12.8. The molecule has 2 atom stereocenters. The van der Waals surface area contributed by atoms with Crippen LogP contribution in [0.1, 0.15) is 50.5 Å². The number of carbonyl (C=O) groups is 1. The molecule has 27 heavy (non-hydrogen) atoms. The van der Waals surface area contributed by atoms with Crippen LogP contribution in [0.2, 0.25) is 0 Å². The van der Waals surface area contributed by atoms with E-state index in [1.54, 1.807) is 0 Å². The number of ether oxygens (including phenoxy) is 1. The summed E-state index contributed by atoms with van der Waals surface area (Å²) >= 11 is 0. The van der Waals surface area contributed by atoms with E-state index < -0.39 is 0 Å². The summed E-state index contributed by atoms with van der Waals surface area (Å²) in [5, 5.41) is 0. The Morgan fingerprint density at radius 3 is 2.78 bits per heavy atom. The van der Waals surface area contributed by atoms with Gasteiger partial charge in [-0.2, -0.15) is 0 Å². The molecular formula is C22H33N3O2. The van der Waals surface area contributed by atoms with E-state index >= 15 is 0 Å². The summed E-state index contributed by atoms with van der Waals surface area (Å²) in [7, 11) is 0. The lowest BCUT2D eigenvalue weighted by Gasteiger charge is -2.42. The minimum atomic E-state index is 0.370. The lowest BCUT2D eigenvalue weighted by Crippen LogP contribution is -2.54. The number of nitrogens with zero attached hydrogens (tertiary/aromatic N) is 3. The molecule has 5 heteroatoms. The highest BCUT2D eigenvalue weighted by Crippen LogP contribution is 2.30. The third kappa shape index (κ3) is 4.88. The smallest absolute Gasteiger partial charge is 0.222 e. The minimum absolute atomic E-state index is 0.370. The molecule has 1 aliphatic carbocycles. The molecule has 0 N–H and O–H groups in total. The second-order valence-electron chi connectivity index (χ2n) is 8.55. The summed E-state index contributed by atoms with van der Waals surface area (Å²) in [6.07, 6.45) is 12.0. The van der Waals surface area contributed by atoms with Crippen LogP contribution in [0.25, 0.3) is 0 Å². The van der Waals surface area contributed by atoms with E-state index in [1.807, 2.05) is 12.4 Å². The first-order valence-electron chi connectivity index (χ1n) is 10.8. The first-order valence-corrected chi connectivity index (χ1v) is 10.8. The van der Waals surface area contributed by atoms with Crippen molar-refractivity contribution in [1.82, 2.24) is 14.8 Å².